The smallest absolute Gasteiger partial charge is 0.236 e. The molecule has 2 N–H and O–H groups in total. The quantitative estimate of drug-likeness (QED) is 0.726. The third-order valence-electron chi connectivity index (χ3n) is 3.26. The second-order valence-electron chi connectivity index (χ2n) is 4.81. The van der Waals surface area contributed by atoms with Crippen molar-refractivity contribution in [3.05, 3.63) is 0 Å². The molecule has 0 aromatic rings. The van der Waals surface area contributed by atoms with E-state index < -0.39 is 0 Å². The molecular weight excluding hydrogens is 188 g/mol. The minimum Gasteiger partial charge on any atom is -0.355 e. The summed E-state index contributed by atoms with van der Waals surface area (Å²) in [7, 11) is 0. The van der Waals surface area contributed by atoms with Crippen LogP contribution in [0.1, 0.15) is 40.0 Å². The Labute approximate surface area is 93.0 Å². The van der Waals surface area contributed by atoms with Gasteiger partial charge in [-0.2, -0.15) is 0 Å². The molecule has 1 saturated carbocycles. The molecule has 1 aliphatic rings. The lowest BCUT2D eigenvalue weighted by molar-refractivity contribution is -0.122. The van der Waals surface area contributed by atoms with Gasteiger partial charge in [-0.05, 0) is 45.1 Å². The molecule has 0 aliphatic heterocycles. The molecule has 88 valence electrons. The first kappa shape index (κ1) is 12.5. The highest BCUT2D eigenvalue weighted by Crippen LogP contribution is 2.29. The van der Waals surface area contributed by atoms with Gasteiger partial charge in [-0.15, -0.1) is 0 Å². The van der Waals surface area contributed by atoms with Crippen LogP contribution < -0.4 is 10.6 Å². The van der Waals surface area contributed by atoms with E-state index in [1.54, 1.807) is 0 Å². The predicted molar refractivity (Wildman–Crippen MR) is 62.7 cm³/mol. The molecule has 0 bridgehead atoms. The minimum atomic E-state index is -0.0548. The van der Waals surface area contributed by atoms with Crippen molar-refractivity contribution in [2.45, 2.75) is 46.1 Å². The third kappa shape index (κ3) is 4.20. The average Bonchev–Trinajstić information content (AvgIpc) is 2.61. The maximum atomic E-state index is 11.4. The second-order valence-corrected chi connectivity index (χ2v) is 4.81. The summed E-state index contributed by atoms with van der Waals surface area (Å²) < 4.78 is 0. The fourth-order valence-electron chi connectivity index (χ4n) is 2.27. The zero-order valence-electron chi connectivity index (χ0n) is 10.2. The minimum absolute atomic E-state index is 0.0548. The molecule has 15 heavy (non-hydrogen) atoms. The summed E-state index contributed by atoms with van der Waals surface area (Å²) in [6.45, 7) is 7.90. The largest absolute Gasteiger partial charge is 0.355 e. The molecule has 1 rings (SSSR count). The number of hydrogen-bond donors (Lipinski definition) is 2. The highest BCUT2D eigenvalue weighted by molar-refractivity contribution is 5.81. The standard InChI is InChI=1S/C12H24N2O/c1-4-13-12(15)10(3)14-8-11-6-5-9(2)7-11/h9-11,14H,4-8H2,1-3H3,(H,13,15). The topological polar surface area (TPSA) is 41.1 Å². The Balaban J connectivity index is 2.16. The van der Waals surface area contributed by atoms with Crippen LogP contribution in [0.4, 0.5) is 0 Å². The van der Waals surface area contributed by atoms with E-state index in [2.05, 4.69) is 17.6 Å². The highest BCUT2D eigenvalue weighted by atomic mass is 16.2. The highest BCUT2D eigenvalue weighted by Gasteiger charge is 2.22. The first-order chi connectivity index (χ1) is 7.13. The Bertz CT molecular complexity index is 206. The van der Waals surface area contributed by atoms with Crippen LogP contribution in [0.5, 0.6) is 0 Å². The molecule has 0 radical (unpaired) electrons. The van der Waals surface area contributed by atoms with E-state index in [1.807, 2.05) is 13.8 Å². The van der Waals surface area contributed by atoms with Crippen LogP contribution in [-0.4, -0.2) is 25.0 Å². The number of rotatable bonds is 5. The molecule has 1 aliphatic carbocycles. The maximum absolute atomic E-state index is 11.4. The van der Waals surface area contributed by atoms with Crippen molar-refractivity contribution >= 4 is 5.91 Å². The fourth-order valence-corrected chi connectivity index (χ4v) is 2.27. The molecule has 1 fully saturated rings. The average molecular weight is 212 g/mol. The summed E-state index contributed by atoms with van der Waals surface area (Å²) in [6, 6.07) is -0.0548. The Morgan fingerprint density at radius 1 is 1.47 bits per heavy atom. The van der Waals surface area contributed by atoms with Crippen LogP contribution in [0.25, 0.3) is 0 Å². The van der Waals surface area contributed by atoms with E-state index >= 15 is 0 Å². The Kier molecular flexibility index (Phi) is 5.09. The van der Waals surface area contributed by atoms with Gasteiger partial charge in [0.1, 0.15) is 0 Å². The monoisotopic (exact) mass is 212 g/mol. The van der Waals surface area contributed by atoms with Gasteiger partial charge in [-0.3, -0.25) is 4.79 Å². The van der Waals surface area contributed by atoms with Crippen LogP contribution in [0.3, 0.4) is 0 Å². The summed E-state index contributed by atoms with van der Waals surface area (Å²) in [5, 5.41) is 6.15. The lowest BCUT2D eigenvalue weighted by atomic mass is 10.1. The SMILES string of the molecule is CCNC(=O)C(C)NCC1CCC(C)C1. The summed E-state index contributed by atoms with van der Waals surface area (Å²) >= 11 is 0. The van der Waals surface area contributed by atoms with Crippen molar-refractivity contribution in [2.24, 2.45) is 11.8 Å². The third-order valence-corrected chi connectivity index (χ3v) is 3.26. The number of likely N-dealkylation sites (N-methyl/N-ethyl adjacent to an activating group) is 1. The molecule has 0 saturated heterocycles. The molecule has 0 aromatic heterocycles. The van der Waals surface area contributed by atoms with E-state index in [9.17, 15) is 4.79 Å². The lowest BCUT2D eigenvalue weighted by Gasteiger charge is -2.16. The molecule has 3 heteroatoms. The molecular formula is C12H24N2O. The Morgan fingerprint density at radius 3 is 2.73 bits per heavy atom. The van der Waals surface area contributed by atoms with E-state index in [4.69, 9.17) is 0 Å². The molecule has 0 heterocycles. The maximum Gasteiger partial charge on any atom is 0.236 e. The Hall–Kier alpha value is -0.570. The summed E-state index contributed by atoms with van der Waals surface area (Å²) in [6.07, 6.45) is 3.98. The van der Waals surface area contributed by atoms with Crippen molar-refractivity contribution < 1.29 is 4.79 Å². The Morgan fingerprint density at radius 2 is 2.20 bits per heavy atom. The number of carbonyl (C=O) groups is 1. The number of nitrogens with one attached hydrogen (secondary N) is 2. The summed E-state index contributed by atoms with van der Waals surface area (Å²) in [4.78, 5) is 11.4. The van der Waals surface area contributed by atoms with Gasteiger partial charge in [-0.25, -0.2) is 0 Å². The van der Waals surface area contributed by atoms with Crippen molar-refractivity contribution in [3.8, 4) is 0 Å². The van der Waals surface area contributed by atoms with E-state index in [-0.39, 0.29) is 11.9 Å². The van der Waals surface area contributed by atoms with Gasteiger partial charge in [-0.1, -0.05) is 13.3 Å². The lowest BCUT2D eigenvalue weighted by Crippen LogP contribution is -2.43. The van der Waals surface area contributed by atoms with Gasteiger partial charge in [0, 0.05) is 6.54 Å². The van der Waals surface area contributed by atoms with Crippen molar-refractivity contribution in [1.29, 1.82) is 0 Å². The van der Waals surface area contributed by atoms with Crippen molar-refractivity contribution in [3.63, 3.8) is 0 Å². The first-order valence-electron chi connectivity index (χ1n) is 6.14. The van der Waals surface area contributed by atoms with Crippen molar-refractivity contribution in [1.82, 2.24) is 10.6 Å². The van der Waals surface area contributed by atoms with Crippen LogP contribution in [0.2, 0.25) is 0 Å². The van der Waals surface area contributed by atoms with Gasteiger partial charge >= 0.3 is 0 Å². The van der Waals surface area contributed by atoms with Gasteiger partial charge in [0.05, 0.1) is 6.04 Å². The molecule has 0 aromatic carbocycles. The number of hydrogen-bond acceptors (Lipinski definition) is 2. The zero-order chi connectivity index (χ0) is 11.3. The van der Waals surface area contributed by atoms with Gasteiger partial charge in [0.2, 0.25) is 5.91 Å². The molecule has 3 unspecified atom stereocenters. The normalized spacial score (nSPS) is 27.7. The molecule has 3 atom stereocenters. The van der Waals surface area contributed by atoms with Crippen LogP contribution in [0, 0.1) is 11.8 Å². The molecule has 0 spiro atoms. The van der Waals surface area contributed by atoms with E-state index in [0.29, 0.717) is 6.54 Å². The van der Waals surface area contributed by atoms with Gasteiger partial charge < -0.3 is 10.6 Å². The van der Waals surface area contributed by atoms with E-state index in [0.717, 1.165) is 18.4 Å². The first-order valence-corrected chi connectivity index (χ1v) is 6.14. The van der Waals surface area contributed by atoms with Crippen LogP contribution in [0.15, 0.2) is 0 Å². The number of amides is 1. The summed E-state index contributed by atoms with van der Waals surface area (Å²) in [5.41, 5.74) is 0. The molecule has 1 amide bonds. The van der Waals surface area contributed by atoms with Gasteiger partial charge in [0.25, 0.3) is 0 Å². The van der Waals surface area contributed by atoms with Crippen LogP contribution in [-0.2, 0) is 4.79 Å². The summed E-state index contributed by atoms with van der Waals surface area (Å²) in [5.74, 6) is 1.76. The zero-order valence-corrected chi connectivity index (χ0v) is 10.2. The van der Waals surface area contributed by atoms with Gasteiger partial charge in [0.15, 0.2) is 0 Å². The number of carbonyl (C=O) groups excluding carboxylic acids is 1. The van der Waals surface area contributed by atoms with Crippen molar-refractivity contribution in [2.75, 3.05) is 13.1 Å². The molecule has 3 nitrogen and oxygen atoms in total. The van der Waals surface area contributed by atoms with Crippen LogP contribution >= 0.6 is 0 Å². The van der Waals surface area contributed by atoms with E-state index in [1.165, 1.54) is 19.3 Å². The fraction of sp³-hybridized carbons (Fsp3) is 0.917. The predicted octanol–water partition coefficient (Wildman–Crippen LogP) is 1.54. The second kappa shape index (κ2) is 6.11.